The molecular formula is C26H28N2O5. The second-order valence-electron chi connectivity index (χ2n) is 8.03. The van der Waals surface area contributed by atoms with E-state index in [4.69, 9.17) is 16.3 Å². The van der Waals surface area contributed by atoms with Gasteiger partial charge >= 0.3 is 12.1 Å². The summed E-state index contributed by atoms with van der Waals surface area (Å²) >= 11 is 0. The van der Waals surface area contributed by atoms with Crippen LogP contribution in [0.3, 0.4) is 0 Å². The summed E-state index contributed by atoms with van der Waals surface area (Å²) in [6.07, 6.45) is 5.66. The van der Waals surface area contributed by atoms with Crippen molar-refractivity contribution in [3.05, 3.63) is 59.7 Å². The van der Waals surface area contributed by atoms with E-state index in [1.165, 1.54) is 0 Å². The SMILES string of the molecule is C#CCC(NC(=O)C[C@@H](CCC)NC(=O)OCC1c2ccccc2-c2ccccc21)C(=O)O. The highest BCUT2D eigenvalue weighted by atomic mass is 16.5. The Hall–Kier alpha value is -3.79. The molecule has 0 fully saturated rings. The number of aliphatic carboxylic acids is 1. The van der Waals surface area contributed by atoms with Crippen molar-refractivity contribution in [2.45, 2.75) is 50.6 Å². The fraction of sp³-hybridized carbons (Fsp3) is 0.346. The molecule has 2 amide bonds. The van der Waals surface area contributed by atoms with Crippen molar-refractivity contribution in [3.8, 4) is 23.5 Å². The second kappa shape index (κ2) is 11.2. The predicted octanol–water partition coefficient (Wildman–Crippen LogP) is 3.68. The van der Waals surface area contributed by atoms with Gasteiger partial charge in [-0.3, -0.25) is 4.79 Å². The van der Waals surface area contributed by atoms with Gasteiger partial charge in [0.1, 0.15) is 12.6 Å². The number of rotatable bonds is 10. The van der Waals surface area contributed by atoms with Gasteiger partial charge in [0.15, 0.2) is 0 Å². The van der Waals surface area contributed by atoms with E-state index in [-0.39, 0.29) is 25.4 Å². The molecule has 0 aliphatic heterocycles. The Morgan fingerprint density at radius 2 is 1.67 bits per heavy atom. The Labute approximate surface area is 193 Å². The third-order valence-corrected chi connectivity index (χ3v) is 5.69. The van der Waals surface area contributed by atoms with Crippen LogP contribution in [-0.2, 0) is 14.3 Å². The average molecular weight is 449 g/mol. The molecule has 2 atom stereocenters. The number of carbonyl (C=O) groups excluding carboxylic acids is 2. The van der Waals surface area contributed by atoms with Gasteiger partial charge in [-0.2, -0.15) is 0 Å². The molecule has 7 heteroatoms. The van der Waals surface area contributed by atoms with Crippen LogP contribution < -0.4 is 10.6 Å². The molecule has 2 aromatic carbocycles. The molecule has 0 aromatic heterocycles. The minimum Gasteiger partial charge on any atom is -0.480 e. The van der Waals surface area contributed by atoms with Gasteiger partial charge in [0.25, 0.3) is 0 Å². The Bertz CT molecular complexity index is 1010. The summed E-state index contributed by atoms with van der Waals surface area (Å²) in [5.41, 5.74) is 4.51. The van der Waals surface area contributed by atoms with Crippen LogP contribution in [0.2, 0.25) is 0 Å². The van der Waals surface area contributed by atoms with E-state index in [0.717, 1.165) is 28.7 Å². The summed E-state index contributed by atoms with van der Waals surface area (Å²) in [6, 6.07) is 14.5. The predicted molar refractivity (Wildman–Crippen MR) is 125 cm³/mol. The highest BCUT2D eigenvalue weighted by molar-refractivity contribution is 5.84. The number of hydrogen-bond donors (Lipinski definition) is 3. The number of ether oxygens (including phenoxy) is 1. The number of hydrogen-bond acceptors (Lipinski definition) is 4. The van der Waals surface area contributed by atoms with E-state index in [0.29, 0.717) is 6.42 Å². The van der Waals surface area contributed by atoms with Crippen molar-refractivity contribution >= 4 is 18.0 Å². The molecule has 3 N–H and O–H groups in total. The zero-order valence-electron chi connectivity index (χ0n) is 18.5. The molecule has 0 spiro atoms. The van der Waals surface area contributed by atoms with Gasteiger partial charge in [-0.05, 0) is 28.7 Å². The van der Waals surface area contributed by atoms with Gasteiger partial charge in [-0.1, -0.05) is 61.9 Å². The van der Waals surface area contributed by atoms with E-state index in [1.54, 1.807) is 0 Å². The minimum absolute atomic E-state index is 0.0591. The second-order valence-corrected chi connectivity index (χ2v) is 8.03. The molecule has 3 rings (SSSR count). The van der Waals surface area contributed by atoms with E-state index < -0.39 is 30.1 Å². The molecule has 0 saturated heterocycles. The first-order chi connectivity index (χ1) is 15.9. The van der Waals surface area contributed by atoms with Gasteiger partial charge in [0.2, 0.25) is 5.91 Å². The first-order valence-electron chi connectivity index (χ1n) is 11.0. The van der Waals surface area contributed by atoms with Gasteiger partial charge in [0.05, 0.1) is 0 Å². The molecule has 172 valence electrons. The van der Waals surface area contributed by atoms with Crippen LogP contribution in [0.15, 0.2) is 48.5 Å². The molecule has 7 nitrogen and oxygen atoms in total. The Morgan fingerprint density at radius 3 is 2.21 bits per heavy atom. The quantitative estimate of drug-likeness (QED) is 0.481. The third-order valence-electron chi connectivity index (χ3n) is 5.69. The number of nitrogens with one attached hydrogen (secondary N) is 2. The van der Waals surface area contributed by atoms with Crippen molar-refractivity contribution in [3.63, 3.8) is 0 Å². The zero-order valence-corrected chi connectivity index (χ0v) is 18.5. The fourth-order valence-corrected chi connectivity index (χ4v) is 4.18. The van der Waals surface area contributed by atoms with Crippen molar-refractivity contribution in [1.29, 1.82) is 0 Å². The lowest BCUT2D eigenvalue weighted by Crippen LogP contribution is -2.44. The number of carboxylic acids is 1. The van der Waals surface area contributed by atoms with Crippen LogP contribution in [0, 0.1) is 12.3 Å². The molecule has 0 bridgehead atoms. The van der Waals surface area contributed by atoms with Gasteiger partial charge < -0.3 is 20.5 Å². The molecular weight excluding hydrogens is 420 g/mol. The van der Waals surface area contributed by atoms with Crippen LogP contribution in [-0.4, -0.2) is 41.8 Å². The summed E-state index contributed by atoms with van der Waals surface area (Å²) in [7, 11) is 0. The van der Waals surface area contributed by atoms with Gasteiger partial charge in [-0.25, -0.2) is 9.59 Å². The molecule has 0 heterocycles. The fourth-order valence-electron chi connectivity index (χ4n) is 4.18. The standard InChI is InChI=1S/C26H28N2O5/c1-3-9-17(15-24(29)28-23(10-4-2)25(30)31)27-26(32)33-16-22-20-13-7-5-11-18(20)19-12-6-8-14-21(19)22/h2,5-8,11-14,17,22-23H,3,9-10,15-16H2,1H3,(H,27,32)(H,28,29)(H,30,31)/t17-,23?/m1/s1. The number of carboxylic acid groups (broad SMARTS) is 1. The number of terminal acetylenes is 1. The molecule has 1 aliphatic rings. The average Bonchev–Trinajstić information content (AvgIpc) is 3.11. The summed E-state index contributed by atoms with van der Waals surface area (Å²) in [5, 5.41) is 14.3. The first-order valence-corrected chi connectivity index (χ1v) is 11.0. The summed E-state index contributed by atoms with van der Waals surface area (Å²) < 4.78 is 5.55. The first kappa shape index (κ1) is 23.9. The number of amides is 2. The molecule has 0 radical (unpaired) electrons. The van der Waals surface area contributed by atoms with E-state index in [2.05, 4.69) is 28.7 Å². The molecule has 0 saturated carbocycles. The number of fused-ring (bicyclic) bond motifs is 3. The Kier molecular flexibility index (Phi) is 8.09. The van der Waals surface area contributed by atoms with Crippen LogP contribution in [0.1, 0.15) is 49.7 Å². The lowest BCUT2D eigenvalue weighted by Gasteiger charge is -2.20. The van der Waals surface area contributed by atoms with Gasteiger partial charge in [0, 0.05) is 24.8 Å². The summed E-state index contributed by atoms with van der Waals surface area (Å²) in [6.45, 7) is 2.11. The maximum atomic E-state index is 12.5. The monoisotopic (exact) mass is 448 g/mol. The normalized spacial score (nSPS) is 13.7. The van der Waals surface area contributed by atoms with Gasteiger partial charge in [-0.15, -0.1) is 12.3 Å². The number of carbonyl (C=O) groups is 3. The van der Waals surface area contributed by atoms with Crippen molar-refractivity contribution in [1.82, 2.24) is 10.6 Å². The highest BCUT2D eigenvalue weighted by Crippen LogP contribution is 2.44. The number of alkyl carbamates (subject to hydrolysis) is 1. The molecule has 1 unspecified atom stereocenters. The van der Waals surface area contributed by atoms with Crippen molar-refractivity contribution in [2.24, 2.45) is 0 Å². The Morgan fingerprint density at radius 1 is 1.06 bits per heavy atom. The van der Waals surface area contributed by atoms with Crippen LogP contribution in [0.25, 0.3) is 11.1 Å². The smallest absolute Gasteiger partial charge is 0.407 e. The lowest BCUT2D eigenvalue weighted by molar-refractivity contribution is -0.141. The van der Waals surface area contributed by atoms with Crippen LogP contribution in [0.4, 0.5) is 4.79 Å². The summed E-state index contributed by atoms with van der Waals surface area (Å²) in [4.78, 5) is 36.0. The lowest BCUT2D eigenvalue weighted by atomic mass is 9.98. The largest absolute Gasteiger partial charge is 0.480 e. The van der Waals surface area contributed by atoms with Crippen LogP contribution >= 0.6 is 0 Å². The maximum absolute atomic E-state index is 12.5. The molecule has 1 aliphatic carbocycles. The maximum Gasteiger partial charge on any atom is 0.407 e. The highest BCUT2D eigenvalue weighted by Gasteiger charge is 2.29. The van der Waals surface area contributed by atoms with Crippen molar-refractivity contribution < 1.29 is 24.2 Å². The number of benzene rings is 2. The zero-order chi connectivity index (χ0) is 23.8. The topological polar surface area (TPSA) is 105 Å². The molecule has 2 aromatic rings. The van der Waals surface area contributed by atoms with Crippen LogP contribution in [0.5, 0.6) is 0 Å². The van der Waals surface area contributed by atoms with E-state index >= 15 is 0 Å². The van der Waals surface area contributed by atoms with E-state index in [9.17, 15) is 14.4 Å². The third kappa shape index (κ3) is 5.92. The minimum atomic E-state index is -1.20. The molecule has 33 heavy (non-hydrogen) atoms. The summed E-state index contributed by atoms with van der Waals surface area (Å²) in [5.74, 6) is 0.491. The van der Waals surface area contributed by atoms with Crippen molar-refractivity contribution in [2.75, 3.05) is 6.61 Å². The van der Waals surface area contributed by atoms with E-state index in [1.807, 2.05) is 43.3 Å². The Balaban J connectivity index is 1.59.